The van der Waals surface area contributed by atoms with Gasteiger partial charge in [0.2, 0.25) is 5.91 Å². The Morgan fingerprint density at radius 1 is 1.35 bits per heavy atom. The maximum Gasteiger partial charge on any atom is 0.225 e. The zero-order chi connectivity index (χ0) is 16.2. The minimum absolute atomic E-state index is 0. The van der Waals surface area contributed by atoms with Crippen LogP contribution in [0.15, 0.2) is 12.1 Å². The van der Waals surface area contributed by atoms with Gasteiger partial charge >= 0.3 is 0 Å². The summed E-state index contributed by atoms with van der Waals surface area (Å²) >= 11 is 6.09. The van der Waals surface area contributed by atoms with Gasteiger partial charge in [-0.2, -0.15) is 0 Å². The lowest BCUT2D eigenvalue weighted by Crippen LogP contribution is -2.36. The summed E-state index contributed by atoms with van der Waals surface area (Å²) in [5.74, 6) is 0.571. The Morgan fingerprint density at radius 2 is 2.00 bits per heavy atom. The first kappa shape index (κ1) is 20.1. The molecule has 1 amide bonds. The van der Waals surface area contributed by atoms with Crippen LogP contribution in [0, 0.1) is 12.3 Å². The van der Waals surface area contributed by atoms with E-state index in [2.05, 4.69) is 5.32 Å². The highest BCUT2D eigenvalue weighted by Crippen LogP contribution is 2.39. The number of methoxy groups -OCH3 is 1. The second-order valence-corrected chi connectivity index (χ2v) is 6.70. The molecular weight excluding hydrogens is 335 g/mol. The molecule has 0 unspecified atom stereocenters. The molecule has 2 rings (SSSR count). The van der Waals surface area contributed by atoms with Gasteiger partial charge in [0, 0.05) is 17.5 Å². The van der Waals surface area contributed by atoms with E-state index in [0.717, 1.165) is 31.2 Å². The summed E-state index contributed by atoms with van der Waals surface area (Å²) in [6, 6.07) is 3.57. The fourth-order valence-electron chi connectivity index (χ4n) is 3.22. The summed E-state index contributed by atoms with van der Waals surface area (Å²) in [5.41, 5.74) is 7.48. The van der Waals surface area contributed by atoms with E-state index in [1.54, 1.807) is 13.2 Å². The Bertz CT molecular complexity index is 544. The predicted octanol–water partition coefficient (Wildman–Crippen LogP) is 4.32. The number of hydrogen-bond donors (Lipinski definition) is 2. The number of halogens is 2. The summed E-state index contributed by atoms with van der Waals surface area (Å²) in [6.07, 6.45) is 6.10. The van der Waals surface area contributed by atoms with Crippen molar-refractivity contribution < 1.29 is 9.53 Å². The van der Waals surface area contributed by atoms with Crippen molar-refractivity contribution in [2.75, 3.05) is 19.0 Å². The normalized spacial score (nSPS) is 16.3. The molecule has 4 nitrogen and oxygen atoms in total. The van der Waals surface area contributed by atoms with Gasteiger partial charge in [-0.05, 0) is 43.4 Å². The number of ether oxygens (including phenoxy) is 1. The molecule has 1 aromatic rings. The average molecular weight is 361 g/mol. The predicted molar refractivity (Wildman–Crippen MR) is 97.8 cm³/mol. The van der Waals surface area contributed by atoms with E-state index in [1.165, 1.54) is 6.42 Å². The minimum Gasteiger partial charge on any atom is -0.495 e. The van der Waals surface area contributed by atoms with Crippen molar-refractivity contribution in [2.45, 2.75) is 45.4 Å². The minimum atomic E-state index is -0.0446. The summed E-state index contributed by atoms with van der Waals surface area (Å²) in [6.45, 7) is 2.47. The molecule has 3 N–H and O–H groups in total. The van der Waals surface area contributed by atoms with Crippen molar-refractivity contribution in [2.24, 2.45) is 11.1 Å². The van der Waals surface area contributed by atoms with Gasteiger partial charge in [0.15, 0.2) is 0 Å². The molecular formula is C17H26Cl2N2O2. The number of benzene rings is 1. The van der Waals surface area contributed by atoms with Crippen molar-refractivity contribution in [3.05, 3.63) is 22.7 Å². The lowest BCUT2D eigenvalue weighted by molar-refractivity contribution is -0.118. The number of anilines is 1. The van der Waals surface area contributed by atoms with Gasteiger partial charge in [-0.15, -0.1) is 12.4 Å². The third-order valence-corrected chi connectivity index (χ3v) is 5.04. The SMILES string of the molecule is COc1cc(Cl)c(C)cc1NC(=O)CC1(CN)CCCCC1.Cl. The van der Waals surface area contributed by atoms with Crippen LogP contribution in [-0.4, -0.2) is 19.6 Å². The van der Waals surface area contributed by atoms with Gasteiger partial charge in [-0.3, -0.25) is 4.79 Å². The molecule has 0 aliphatic heterocycles. The molecule has 0 radical (unpaired) electrons. The van der Waals surface area contributed by atoms with Crippen molar-refractivity contribution in [3.63, 3.8) is 0 Å². The first-order chi connectivity index (χ1) is 10.5. The van der Waals surface area contributed by atoms with Crippen LogP contribution in [0.4, 0.5) is 5.69 Å². The van der Waals surface area contributed by atoms with Crippen molar-refractivity contribution >= 4 is 35.6 Å². The molecule has 1 fully saturated rings. The van der Waals surface area contributed by atoms with E-state index in [0.29, 0.717) is 29.4 Å². The summed E-state index contributed by atoms with van der Waals surface area (Å²) in [4.78, 5) is 12.5. The topological polar surface area (TPSA) is 64.3 Å². The van der Waals surface area contributed by atoms with Crippen molar-refractivity contribution in [1.29, 1.82) is 0 Å². The molecule has 0 aromatic heterocycles. The largest absolute Gasteiger partial charge is 0.495 e. The van der Waals surface area contributed by atoms with Crippen LogP contribution >= 0.6 is 24.0 Å². The fraction of sp³-hybridized carbons (Fsp3) is 0.588. The number of hydrogen-bond acceptors (Lipinski definition) is 3. The van der Waals surface area contributed by atoms with Crippen LogP contribution in [-0.2, 0) is 4.79 Å². The number of amides is 1. The zero-order valence-electron chi connectivity index (χ0n) is 13.8. The molecule has 0 bridgehead atoms. The molecule has 0 heterocycles. The smallest absolute Gasteiger partial charge is 0.225 e. The van der Waals surface area contributed by atoms with E-state index in [1.807, 2.05) is 13.0 Å². The number of aryl methyl sites for hydroxylation is 1. The molecule has 0 spiro atoms. The van der Waals surface area contributed by atoms with E-state index in [9.17, 15) is 4.79 Å². The Morgan fingerprint density at radius 3 is 2.57 bits per heavy atom. The van der Waals surface area contributed by atoms with Gasteiger partial charge < -0.3 is 15.8 Å². The lowest BCUT2D eigenvalue weighted by Gasteiger charge is -2.35. The van der Waals surface area contributed by atoms with E-state index in [4.69, 9.17) is 22.1 Å². The van der Waals surface area contributed by atoms with Gasteiger partial charge in [0.05, 0.1) is 12.8 Å². The maximum absolute atomic E-state index is 12.5. The molecule has 6 heteroatoms. The molecule has 1 aromatic carbocycles. The second kappa shape index (κ2) is 8.76. The van der Waals surface area contributed by atoms with E-state index in [-0.39, 0.29) is 23.7 Å². The Balaban J connectivity index is 0.00000264. The summed E-state index contributed by atoms with van der Waals surface area (Å²) in [5, 5.41) is 3.58. The summed E-state index contributed by atoms with van der Waals surface area (Å²) in [7, 11) is 1.57. The third kappa shape index (κ3) is 5.00. The third-order valence-electron chi connectivity index (χ3n) is 4.64. The average Bonchev–Trinajstić information content (AvgIpc) is 2.51. The number of nitrogens with one attached hydrogen (secondary N) is 1. The highest BCUT2D eigenvalue weighted by molar-refractivity contribution is 6.31. The van der Waals surface area contributed by atoms with Gasteiger partial charge in [-0.1, -0.05) is 30.9 Å². The van der Waals surface area contributed by atoms with Gasteiger partial charge in [0.1, 0.15) is 5.75 Å². The lowest BCUT2D eigenvalue weighted by atomic mass is 9.71. The van der Waals surface area contributed by atoms with Gasteiger partial charge in [-0.25, -0.2) is 0 Å². The fourth-order valence-corrected chi connectivity index (χ4v) is 3.37. The van der Waals surface area contributed by atoms with E-state index < -0.39 is 0 Å². The molecule has 1 aliphatic carbocycles. The van der Waals surface area contributed by atoms with Crippen LogP contribution < -0.4 is 15.8 Å². The molecule has 23 heavy (non-hydrogen) atoms. The summed E-state index contributed by atoms with van der Waals surface area (Å²) < 4.78 is 5.30. The quantitative estimate of drug-likeness (QED) is 0.821. The van der Waals surface area contributed by atoms with Crippen molar-refractivity contribution in [3.8, 4) is 5.75 Å². The van der Waals surface area contributed by atoms with Crippen LogP contribution in [0.25, 0.3) is 0 Å². The zero-order valence-corrected chi connectivity index (χ0v) is 15.4. The first-order valence-corrected chi connectivity index (χ1v) is 8.21. The van der Waals surface area contributed by atoms with E-state index >= 15 is 0 Å². The maximum atomic E-state index is 12.5. The molecule has 1 aliphatic rings. The molecule has 0 saturated heterocycles. The highest BCUT2D eigenvalue weighted by Gasteiger charge is 2.33. The van der Waals surface area contributed by atoms with Crippen LogP contribution in [0.1, 0.15) is 44.1 Å². The van der Waals surface area contributed by atoms with Crippen molar-refractivity contribution in [1.82, 2.24) is 0 Å². The van der Waals surface area contributed by atoms with Crippen LogP contribution in [0.3, 0.4) is 0 Å². The monoisotopic (exact) mass is 360 g/mol. The Labute approximate surface area is 149 Å². The number of carbonyl (C=O) groups excluding carboxylic acids is 1. The van der Waals surface area contributed by atoms with Crippen LogP contribution in [0.2, 0.25) is 5.02 Å². The second-order valence-electron chi connectivity index (χ2n) is 6.29. The molecule has 1 saturated carbocycles. The number of carbonyl (C=O) groups is 1. The Kier molecular flexibility index (Phi) is 7.65. The molecule has 130 valence electrons. The number of nitrogens with two attached hydrogens (primary N) is 1. The molecule has 0 atom stereocenters. The van der Waals surface area contributed by atoms with Gasteiger partial charge in [0.25, 0.3) is 0 Å². The first-order valence-electron chi connectivity index (χ1n) is 7.84. The highest BCUT2D eigenvalue weighted by atomic mass is 35.5. The number of rotatable bonds is 5. The van der Waals surface area contributed by atoms with Crippen LogP contribution in [0.5, 0.6) is 5.75 Å². The Hall–Kier alpha value is -0.970. The standard InChI is InChI=1S/C17H25ClN2O2.ClH/c1-12-8-14(15(22-2)9-13(12)18)20-16(21)10-17(11-19)6-4-3-5-7-17;/h8-9H,3-7,10-11,19H2,1-2H3,(H,20,21);1H.